The molecule has 0 unspecified atom stereocenters. The van der Waals surface area contributed by atoms with Gasteiger partial charge in [0.05, 0.1) is 12.3 Å². The van der Waals surface area contributed by atoms with E-state index in [9.17, 15) is 14.4 Å². The number of anilines is 1. The number of Topliss-reactive ketones (excluding diaryl/α,β-unsaturated/α-hetero) is 1. The molecule has 0 atom stereocenters. The van der Waals surface area contributed by atoms with Crippen LogP contribution in [0.15, 0.2) is 48.5 Å². The third-order valence-electron chi connectivity index (χ3n) is 3.44. The average Bonchev–Trinajstić information content (AvgIpc) is 2.61. The van der Waals surface area contributed by atoms with E-state index in [1.165, 1.54) is 6.92 Å². The molecule has 0 saturated heterocycles. The number of hydrogen-bond acceptors (Lipinski definition) is 4. The Kier molecular flexibility index (Phi) is 6.69. The van der Waals surface area contributed by atoms with Gasteiger partial charge < -0.3 is 10.1 Å². The minimum atomic E-state index is -0.570. The molecule has 2 aromatic rings. The molecule has 1 N–H and O–H groups in total. The lowest BCUT2D eigenvalue weighted by molar-refractivity contribution is -0.145. The number of para-hydroxylation sites is 1. The van der Waals surface area contributed by atoms with E-state index in [2.05, 4.69) is 17.2 Å². The molecule has 5 heteroatoms. The predicted octanol–water partition coefficient (Wildman–Crippen LogP) is 3.18. The van der Waals surface area contributed by atoms with E-state index in [1.54, 1.807) is 49.4 Å². The maximum absolute atomic E-state index is 11.9. The molecule has 0 bridgehead atoms. The third-order valence-corrected chi connectivity index (χ3v) is 3.44. The lowest BCUT2D eigenvalue weighted by Gasteiger charge is -2.07. The Morgan fingerprint density at radius 2 is 1.69 bits per heavy atom. The van der Waals surface area contributed by atoms with E-state index in [0.717, 1.165) is 5.56 Å². The van der Waals surface area contributed by atoms with E-state index in [4.69, 9.17) is 4.74 Å². The van der Waals surface area contributed by atoms with E-state index in [1.807, 2.05) is 6.07 Å². The highest BCUT2D eigenvalue weighted by Crippen LogP contribution is 2.14. The van der Waals surface area contributed by atoms with Crippen LogP contribution in [0.4, 0.5) is 5.69 Å². The Balaban J connectivity index is 2.13. The molecule has 0 aliphatic carbocycles. The Hall–Kier alpha value is -3.39. The smallest absolute Gasteiger partial charge is 0.315 e. The second kappa shape index (κ2) is 9.19. The first-order valence-corrected chi connectivity index (χ1v) is 8.17. The number of carbonyl (C=O) groups excluding carboxylic acids is 3. The van der Waals surface area contributed by atoms with Crippen LogP contribution in [-0.4, -0.2) is 24.3 Å². The van der Waals surface area contributed by atoms with E-state index >= 15 is 0 Å². The van der Waals surface area contributed by atoms with Crippen LogP contribution in [0.2, 0.25) is 0 Å². The van der Waals surface area contributed by atoms with Gasteiger partial charge in [-0.05, 0) is 38.1 Å². The van der Waals surface area contributed by atoms with Crippen molar-refractivity contribution in [3.05, 3.63) is 65.2 Å². The first-order valence-electron chi connectivity index (χ1n) is 8.17. The first kappa shape index (κ1) is 18.9. The Bertz CT molecular complexity index is 873. The third kappa shape index (κ3) is 5.60. The average molecular weight is 349 g/mol. The van der Waals surface area contributed by atoms with Crippen LogP contribution in [-0.2, 0) is 14.3 Å². The molecule has 5 nitrogen and oxygen atoms in total. The van der Waals surface area contributed by atoms with Crippen molar-refractivity contribution in [3.63, 3.8) is 0 Å². The summed E-state index contributed by atoms with van der Waals surface area (Å²) in [4.78, 5) is 34.6. The number of ether oxygens (including phenoxy) is 1. The summed E-state index contributed by atoms with van der Waals surface area (Å²) >= 11 is 0. The largest absolute Gasteiger partial charge is 0.466 e. The van der Waals surface area contributed by atoms with Crippen molar-refractivity contribution in [2.24, 2.45) is 0 Å². The summed E-state index contributed by atoms with van der Waals surface area (Å²) in [6, 6.07) is 14.1. The van der Waals surface area contributed by atoms with Gasteiger partial charge in [0, 0.05) is 16.7 Å². The summed E-state index contributed by atoms with van der Waals surface area (Å²) in [7, 11) is 0. The van der Waals surface area contributed by atoms with Crippen molar-refractivity contribution in [3.8, 4) is 11.8 Å². The molecule has 2 rings (SSSR count). The fourth-order valence-corrected chi connectivity index (χ4v) is 2.17. The molecular formula is C21H19NO4. The number of ketones is 1. The maximum Gasteiger partial charge on any atom is 0.315 e. The van der Waals surface area contributed by atoms with Gasteiger partial charge in [-0.1, -0.05) is 36.1 Å². The minimum Gasteiger partial charge on any atom is -0.466 e. The van der Waals surface area contributed by atoms with Crippen LogP contribution in [0.1, 0.15) is 41.8 Å². The number of esters is 1. The zero-order valence-electron chi connectivity index (χ0n) is 14.7. The van der Waals surface area contributed by atoms with E-state index < -0.39 is 11.9 Å². The Morgan fingerprint density at radius 3 is 2.35 bits per heavy atom. The van der Waals surface area contributed by atoms with Gasteiger partial charge in [0.2, 0.25) is 5.91 Å². The number of rotatable bonds is 5. The highest BCUT2D eigenvalue weighted by Gasteiger charge is 2.11. The molecule has 0 aliphatic heterocycles. The monoisotopic (exact) mass is 349 g/mol. The maximum atomic E-state index is 11.9. The van der Waals surface area contributed by atoms with Crippen molar-refractivity contribution in [2.45, 2.75) is 20.3 Å². The molecule has 0 heterocycles. The van der Waals surface area contributed by atoms with Gasteiger partial charge in [0.25, 0.3) is 0 Å². The van der Waals surface area contributed by atoms with E-state index in [-0.39, 0.29) is 18.8 Å². The Labute approximate surface area is 152 Å². The number of nitrogens with one attached hydrogen (secondary N) is 1. The highest BCUT2D eigenvalue weighted by molar-refractivity contribution is 6.02. The molecule has 132 valence electrons. The summed E-state index contributed by atoms with van der Waals surface area (Å²) in [5, 5.41) is 2.67. The van der Waals surface area contributed by atoms with Crippen LogP contribution in [0.3, 0.4) is 0 Å². The fourth-order valence-electron chi connectivity index (χ4n) is 2.17. The van der Waals surface area contributed by atoms with Crippen LogP contribution >= 0.6 is 0 Å². The van der Waals surface area contributed by atoms with Crippen LogP contribution < -0.4 is 5.32 Å². The summed E-state index contributed by atoms with van der Waals surface area (Å²) in [6.07, 6.45) is -0.345. The summed E-state index contributed by atoms with van der Waals surface area (Å²) < 4.78 is 4.76. The predicted molar refractivity (Wildman–Crippen MR) is 98.7 cm³/mol. The molecule has 0 spiro atoms. The van der Waals surface area contributed by atoms with Gasteiger partial charge in [-0.15, -0.1) is 0 Å². The van der Waals surface area contributed by atoms with Gasteiger partial charge in [-0.2, -0.15) is 0 Å². The zero-order chi connectivity index (χ0) is 18.9. The lowest BCUT2D eigenvalue weighted by atomic mass is 10.1. The molecule has 26 heavy (non-hydrogen) atoms. The van der Waals surface area contributed by atoms with Gasteiger partial charge >= 0.3 is 5.97 Å². The quantitative estimate of drug-likeness (QED) is 0.389. The number of hydrogen-bond donors (Lipinski definition) is 1. The number of amides is 1. The van der Waals surface area contributed by atoms with Crippen LogP contribution in [0, 0.1) is 11.8 Å². The van der Waals surface area contributed by atoms with Crippen molar-refractivity contribution in [1.29, 1.82) is 0 Å². The molecule has 0 aliphatic rings. The Morgan fingerprint density at radius 1 is 1.00 bits per heavy atom. The zero-order valence-corrected chi connectivity index (χ0v) is 14.7. The number of carbonyl (C=O) groups is 3. The second-order valence-electron chi connectivity index (χ2n) is 5.46. The molecular weight excluding hydrogens is 330 g/mol. The SMILES string of the molecule is CCOC(=O)CC(=O)Nc1ccccc1C#Cc1ccc(C(C)=O)cc1. The van der Waals surface area contributed by atoms with Gasteiger partial charge in [-0.3, -0.25) is 14.4 Å². The van der Waals surface area contributed by atoms with Gasteiger partial charge in [0.15, 0.2) is 5.78 Å². The molecule has 0 radical (unpaired) electrons. The van der Waals surface area contributed by atoms with E-state index in [0.29, 0.717) is 16.8 Å². The van der Waals surface area contributed by atoms with Crippen molar-refractivity contribution in [1.82, 2.24) is 0 Å². The standard InChI is InChI=1S/C21H19NO4/c1-3-26-21(25)14-20(24)22-19-7-5-4-6-18(19)13-10-16-8-11-17(12-9-16)15(2)23/h4-9,11-12H,3,14H2,1-2H3,(H,22,24). The van der Waals surface area contributed by atoms with Crippen molar-refractivity contribution in [2.75, 3.05) is 11.9 Å². The highest BCUT2D eigenvalue weighted by atomic mass is 16.5. The summed E-state index contributed by atoms with van der Waals surface area (Å²) in [6.45, 7) is 3.43. The lowest BCUT2D eigenvalue weighted by Crippen LogP contribution is -2.18. The molecule has 0 saturated carbocycles. The summed E-state index contributed by atoms with van der Waals surface area (Å²) in [5.74, 6) is 4.97. The van der Waals surface area contributed by atoms with Gasteiger partial charge in [0.1, 0.15) is 6.42 Å². The topological polar surface area (TPSA) is 72.5 Å². The summed E-state index contributed by atoms with van der Waals surface area (Å²) in [5.41, 5.74) is 2.53. The molecule has 0 fully saturated rings. The van der Waals surface area contributed by atoms with Gasteiger partial charge in [-0.25, -0.2) is 0 Å². The number of benzene rings is 2. The first-order chi connectivity index (χ1) is 12.5. The van der Waals surface area contributed by atoms with Crippen LogP contribution in [0.25, 0.3) is 0 Å². The molecule has 1 amide bonds. The minimum absolute atomic E-state index is 0.000771. The normalized spacial score (nSPS) is 9.62. The second-order valence-corrected chi connectivity index (χ2v) is 5.46. The molecule has 0 aromatic heterocycles. The fraction of sp³-hybridized carbons (Fsp3) is 0.190. The van der Waals surface area contributed by atoms with Crippen molar-refractivity contribution >= 4 is 23.3 Å². The van der Waals surface area contributed by atoms with Crippen LogP contribution in [0.5, 0.6) is 0 Å². The van der Waals surface area contributed by atoms with Crippen molar-refractivity contribution < 1.29 is 19.1 Å². The molecule has 2 aromatic carbocycles.